The molecule has 2 aromatic rings. The Hall–Kier alpha value is -1.82. The second-order valence-corrected chi connectivity index (χ2v) is 7.55. The van der Waals surface area contributed by atoms with Crippen LogP contribution in [0.5, 0.6) is 0 Å². The molecule has 1 aromatic carbocycles. The molecule has 0 spiro atoms. The predicted octanol–water partition coefficient (Wildman–Crippen LogP) is 3.23. The van der Waals surface area contributed by atoms with E-state index in [1.54, 1.807) is 6.33 Å². The number of amides is 1. The minimum atomic E-state index is 0.196. The zero-order valence-electron chi connectivity index (χ0n) is 14.5. The van der Waals surface area contributed by atoms with Crippen molar-refractivity contribution in [2.45, 2.75) is 38.8 Å². The SMILES string of the molecule is Cc1ccc(-n2cnnc2SCC(=O)N2CCC(C)CC2)cc1C. The Morgan fingerprint density at radius 2 is 2.00 bits per heavy atom. The molecule has 128 valence electrons. The number of hydrogen-bond donors (Lipinski definition) is 0. The minimum Gasteiger partial charge on any atom is -0.342 e. The molecule has 1 aromatic heterocycles. The van der Waals surface area contributed by atoms with Gasteiger partial charge in [0.2, 0.25) is 5.91 Å². The number of likely N-dealkylation sites (tertiary alicyclic amines) is 1. The molecule has 0 unspecified atom stereocenters. The van der Waals surface area contributed by atoms with Gasteiger partial charge < -0.3 is 4.90 Å². The molecule has 3 rings (SSSR count). The fourth-order valence-electron chi connectivity index (χ4n) is 2.85. The third-order valence-electron chi connectivity index (χ3n) is 4.75. The molecule has 0 atom stereocenters. The highest BCUT2D eigenvalue weighted by Gasteiger charge is 2.21. The topological polar surface area (TPSA) is 51.0 Å². The van der Waals surface area contributed by atoms with Crippen molar-refractivity contribution in [2.24, 2.45) is 5.92 Å². The Bertz CT molecular complexity index is 720. The molecular formula is C18H24N4OS. The molecule has 1 aliphatic heterocycles. The summed E-state index contributed by atoms with van der Waals surface area (Å²) in [4.78, 5) is 14.4. The molecule has 2 heterocycles. The summed E-state index contributed by atoms with van der Waals surface area (Å²) in [5.74, 6) is 1.34. The van der Waals surface area contributed by atoms with Crippen LogP contribution in [0.4, 0.5) is 0 Å². The van der Waals surface area contributed by atoms with Crippen LogP contribution in [0.3, 0.4) is 0 Å². The maximum Gasteiger partial charge on any atom is 0.233 e. The average molecular weight is 344 g/mol. The van der Waals surface area contributed by atoms with Crippen LogP contribution in [0.1, 0.15) is 30.9 Å². The number of piperidine rings is 1. The van der Waals surface area contributed by atoms with E-state index in [1.807, 2.05) is 9.47 Å². The maximum atomic E-state index is 12.4. The first-order chi connectivity index (χ1) is 11.5. The Balaban J connectivity index is 1.65. The standard InChI is InChI=1S/C18H24N4OS/c1-13-6-8-21(9-7-13)17(23)11-24-18-20-19-12-22(18)16-5-4-14(2)15(3)10-16/h4-5,10,12-13H,6-9,11H2,1-3H3. The van der Waals surface area contributed by atoms with Crippen molar-refractivity contribution in [2.75, 3.05) is 18.8 Å². The third kappa shape index (κ3) is 3.80. The van der Waals surface area contributed by atoms with E-state index in [1.165, 1.54) is 22.9 Å². The summed E-state index contributed by atoms with van der Waals surface area (Å²) >= 11 is 1.46. The van der Waals surface area contributed by atoms with Crippen molar-refractivity contribution in [1.82, 2.24) is 19.7 Å². The lowest BCUT2D eigenvalue weighted by molar-refractivity contribution is -0.129. The minimum absolute atomic E-state index is 0.196. The van der Waals surface area contributed by atoms with Gasteiger partial charge in [0, 0.05) is 18.8 Å². The van der Waals surface area contributed by atoms with Crippen molar-refractivity contribution < 1.29 is 4.79 Å². The number of hydrogen-bond acceptors (Lipinski definition) is 4. The first-order valence-electron chi connectivity index (χ1n) is 8.43. The van der Waals surface area contributed by atoms with Crippen LogP contribution < -0.4 is 0 Å². The van der Waals surface area contributed by atoms with E-state index in [2.05, 4.69) is 49.2 Å². The van der Waals surface area contributed by atoms with Gasteiger partial charge in [-0.15, -0.1) is 10.2 Å². The fraction of sp³-hybridized carbons (Fsp3) is 0.500. The van der Waals surface area contributed by atoms with E-state index in [0.717, 1.165) is 42.7 Å². The summed E-state index contributed by atoms with van der Waals surface area (Å²) in [5.41, 5.74) is 3.52. The predicted molar refractivity (Wildman–Crippen MR) is 96.5 cm³/mol. The summed E-state index contributed by atoms with van der Waals surface area (Å²) in [5, 5.41) is 8.96. The number of carbonyl (C=O) groups is 1. The van der Waals surface area contributed by atoms with Gasteiger partial charge in [-0.05, 0) is 55.9 Å². The zero-order chi connectivity index (χ0) is 17.1. The summed E-state index contributed by atoms with van der Waals surface area (Å²) in [6.45, 7) is 8.20. The summed E-state index contributed by atoms with van der Waals surface area (Å²) in [7, 11) is 0. The van der Waals surface area contributed by atoms with Crippen molar-refractivity contribution >= 4 is 17.7 Å². The van der Waals surface area contributed by atoms with E-state index in [-0.39, 0.29) is 5.91 Å². The van der Waals surface area contributed by atoms with Crippen LogP contribution in [0.2, 0.25) is 0 Å². The number of aromatic nitrogens is 3. The molecule has 1 saturated heterocycles. The molecule has 5 nitrogen and oxygen atoms in total. The number of benzene rings is 1. The van der Waals surface area contributed by atoms with E-state index in [9.17, 15) is 4.79 Å². The number of aryl methyl sites for hydroxylation is 2. The van der Waals surface area contributed by atoms with E-state index in [0.29, 0.717) is 5.75 Å². The number of thioether (sulfide) groups is 1. The van der Waals surface area contributed by atoms with Gasteiger partial charge in [-0.3, -0.25) is 9.36 Å². The molecule has 1 amide bonds. The van der Waals surface area contributed by atoms with Gasteiger partial charge in [-0.2, -0.15) is 0 Å². The normalized spacial score (nSPS) is 15.7. The van der Waals surface area contributed by atoms with Crippen molar-refractivity contribution in [3.05, 3.63) is 35.7 Å². The van der Waals surface area contributed by atoms with Gasteiger partial charge >= 0.3 is 0 Å². The smallest absolute Gasteiger partial charge is 0.233 e. The molecule has 1 fully saturated rings. The van der Waals surface area contributed by atoms with Crippen LogP contribution in [0, 0.1) is 19.8 Å². The highest BCUT2D eigenvalue weighted by atomic mass is 32.2. The van der Waals surface area contributed by atoms with Crippen LogP contribution in [-0.4, -0.2) is 44.4 Å². The Labute approximate surface area is 147 Å². The molecule has 0 radical (unpaired) electrons. The summed E-state index contributed by atoms with van der Waals surface area (Å²) in [6.07, 6.45) is 3.92. The molecular weight excluding hydrogens is 320 g/mol. The lowest BCUT2D eigenvalue weighted by atomic mass is 9.99. The van der Waals surface area contributed by atoms with E-state index < -0.39 is 0 Å². The highest BCUT2D eigenvalue weighted by molar-refractivity contribution is 7.99. The third-order valence-corrected chi connectivity index (χ3v) is 5.67. The summed E-state index contributed by atoms with van der Waals surface area (Å²) in [6, 6.07) is 6.28. The van der Waals surface area contributed by atoms with Gasteiger partial charge in [0.05, 0.1) is 5.75 Å². The van der Waals surface area contributed by atoms with Crippen LogP contribution >= 0.6 is 11.8 Å². The number of rotatable bonds is 4. The largest absolute Gasteiger partial charge is 0.342 e. The molecule has 24 heavy (non-hydrogen) atoms. The zero-order valence-corrected chi connectivity index (χ0v) is 15.3. The average Bonchev–Trinajstić information content (AvgIpc) is 3.04. The van der Waals surface area contributed by atoms with Gasteiger partial charge in [0.1, 0.15) is 6.33 Å². The second-order valence-electron chi connectivity index (χ2n) is 6.60. The van der Waals surface area contributed by atoms with Crippen molar-refractivity contribution in [3.8, 4) is 5.69 Å². The van der Waals surface area contributed by atoms with Gasteiger partial charge in [0.25, 0.3) is 0 Å². The van der Waals surface area contributed by atoms with Gasteiger partial charge in [-0.1, -0.05) is 24.8 Å². The molecule has 0 bridgehead atoms. The molecule has 0 saturated carbocycles. The Morgan fingerprint density at radius 3 is 2.71 bits per heavy atom. The number of nitrogens with zero attached hydrogens (tertiary/aromatic N) is 4. The van der Waals surface area contributed by atoms with Crippen LogP contribution in [0.25, 0.3) is 5.69 Å². The van der Waals surface area contributed by atoms with E-state index in [4.69, 9.17) is 0 Å². The molecule has 6 heteroatoms. The van der Waals surface area contributed by atoms with Crippen molar-refractivity contribution in [1.29, 1.82) is 0 Å². The maximum absolute atomic E-state index is 12.4. The quantitative estimate of drug-likeness (QED) is 0.799. The van der Waals surface area contributed by atoms with Crippen LogP contribution in [-0.2, 0) is 4.79 Å². The van der Waals surface area contributed by atoms with Gasteiger partial charge in [0.15, 0.2) is 5.16 Å². The lowest BCUT2D eigenvalue weighted by Gasteiger charge is -2.30. The first-order valence-corrected chi connectivity index (χ1v) is 9.41. The fourth-order valence-corrected chi connectivity index (χ4v) is 3.68. The monoisotopic (exact) mass is 344 g/mol. The second kappa shape index (κ2) is 7.38. The first kappa shape index (κ1) is 17.0. The van der Waals surface area contributed by atoms with Gasteiger partial charge in [-0.25, -0.2) is 0 Å². The Morgan fingerprint density at radius 1 is 1.25 bits per heavy atom. The number of carbonyl (C=O) groups excluding carboxylic acids is 1. The summed E-state index contributed by atoms with van der Waals surface area (Å²) < 4.78 is 1.95. The van der Waals surface area contributed by atoms with Crippen molar-refractivity contribution in [3.63, 3.8) is 0 Å². The molecule has 1 aliphatic rings. The lowest BCUT2D eigenvalue weighted by Crippen LogP contribution is -2.38. The molecule has 0 N–H and O–H groups in total. The highest BCUT2D eigenvalue weighted by Crippen LogP contribution is 2.23. The Kier molecular flexibility index (Phi) is 5.23. The molecule has 0 aliphatic carbocycles. The van der Waals surface area contributed by atoms with Crippen LogP contribution in [0.15, 0.2) is 29.7 Å². The van der Waals surface area contributed by atoms with E-state index >= 15 is 0 Å².